The number of carbonyl (C=O) groups excluding carboxylic acids is 1. The Morgan fingerprint density at radius 1 is 1.17 bits per heavy atom. The monoisotopic (exact) mass is 565 g/mol. The summed E-state index contributed by atoms with van der Waals surface area (Å²) < 4.78 is 47.9. The van der Waals surface area contributed by atoms with Gasteiger partial charge in [-0.1, -0.05) is 6.58 Å². The molecule has 1 aromatic heterocycles. The molecule has 0 aliphatic carbocycles. The van der Waals surface area contributed by atoms with E-state index in [2.05, 4.69) is 16.5 Å². The number of fused-ring (bicyclic) bond motifs is 1. The largest absolute Gasteiger partial charge is 0.462 e. The minimum absolute atomic E-state index is 0.0279. The Morgan fingerprint density at radius 2 is 1.93 bits per heavy atom. The van der Waals surface area contributed by atoms with E-state index in [9.17, 15) is 23.2 Å². The van der Waals surface area contributed by atoms with Gasteiger partial charge in [0.25, 0.3) is 0 Å². The lowest BCUT2D eigenvalue weighted by molar-refractivity contribution is -0.137. The van der Waals surface area contributed by atoms with Gasteiger partial charge in [-0.25, -0.2) is 0 Å². The molecule has 0 saturated carbocycles. The van der Waals surface area contributed by atoms with Gasteiger partial charge in [0.15, 0.2) is 0 Å². The predicted molar refractivity (Wildman–Crippen MR) is 149 cm³/mol. The molecule has 1 amide bonds. The number of amides is 1. The molecule has 0 spiro atoms. The zero-order chi connectivity index (χ0) is 29.3. The van der Waals surface area contributed by atoms with Crippen molar-refractivity contribution < 1.29 is 22.7 Å². The van der Waals surface area contributed by atoms with Crippen LogP contribution in [0.4, 0.5) is 24.7 Å². The number of piperazine rings is 1. The van der Waals surface area contributed by atoms with Crippen molar-refractivity contribution in [3.05, 3.63) is 54.1 Å². The molecule has 2 fully saturated rings. The Labute approximate surface area is 235 Å². The molecule has 2 aliphatic heterocycles. The van der Waals surface area contributed by atoms with Gasteiger partial charge in [-0.2, -0.15) is 28.4 Å². The Hall–Kier alpha value is -4.37. The Kier molecular flexibility index (Phi) is 7.73. The molecule has 2 saturated heterocycles. The number of carbonyl (C=O) groups is 1. The van der Waals surface area contributed by atoms with Crippen molar-refractivity contribution in [2.24, 2.45) is 0 Å². The Balaban J connectivity index is 1.62. The summed E-state index contributed by atoms with van der Waals surface area (Å²) in [5.74, 6) is 0.322. The first kappa shape index (κ1) is 28.2. The van der Waals surface area contributed by atoms with Crippen LogP contribution >= 0.6 is 0 Å². The van der Waals surface area contributed by atoms with Crippen LogP contribution in [0.5, 0.6) is 6.01 Å². The minimum atomic E-state index is -4.66. The van der Waals surface area contributed by atoms with Gasteiger partial charge in [0, 0.05) is 48.9 Å². The van der Waals surface area contributed by atoms with Gasteiger partial charge >= 0.3 is 12.2 Å². The molecule has 3 heterocycles. The van der Waals surface area contributed by atoms with Crippen LogP contribution in [0, 0.1) is 11.3 Å². The highest BCUT2D eigenvalue weighted by Crippen LogP contribution is 2.41. The molecule has 2 aromatic carbocycles. The highest BCUT2D eigenvalue weighted by Gasteiger charge is 2.34. The fraction of sp³-hybridized carbons (Fsp3) is 0.379. The van der Waals surface area contributed by atoms with Crippen LogP contribution in [0.2, 0.25) is 0 Å². The third kappa shape index (κ3) is 5.76. The fourth-order valence-electron chi connectivity index (χ4n) is 5.42. The lowest BCUT2D eigenvalue weighted by Crippen LogP contribution is -2.48. The molecule has 9 nitrogen and oxygen atoms in total. The lowest BCUT2D eigenvalue weighted by atomic mass is 9.93. The van der Waals surface area contributed by atoms with Crippen molar-refractivity contribution in [1.82, 2.24) is 19.8 Å². The molecule has 1 atom stereocenters. The molecule has 214 valence electrons. The Morgan fingerprint density at radius 3 is 2.56 bits per heavy atom. The molecule has 41 heavy (non-hydrogen) atoms. The van der Waals surface area contributed by atoms with Crippen LogP contribution in [0.25, 0.3) is 22.0 Å². The fourth-order valence-corrected chi connectivity index (χ4v) is 5.42. The van der Waals surface area contributed by atoms with Crippen LogP contribution in [-0.4, -0.2) is 78.1 Å². The van der Waals surface area contributed by atoms with E-state index in [4.69, 9.17) is 15.5 Å². The number of halogens is 3. The summed E-state index contributed by atoms with van der Waals surface area (Å²) in [5.41, 5.74) is 5.32. The summed E-state index contributed by atoms with van der Waals surface area (Å²) >= 11 is 0. The number of ether oxygens (including phenoxy) is 1. The summed E-state index contributed by atoms with van der Waals surface area (Å²) in [4.78, 5) is 27.2. The first-order chi connectivity index (χ1) is 19.6. The van der Waals surface area contributed by atoms with Crippen molar-refractivity contribution >= 4 is 28.3 Å². The van der Waals surface area contributed by atoms with Crippen LogP contribution in [0.15, 0.2) is 43.0 Å². The SMILES string of the molecule is C=CC(=O)N1CCN(c2nc(OC[C@@H]3CCCN3C)nc3cc(-c4cc(N)ccc4C(F)(F)F)c(C#N)cc23)CC1. The third-order valence-corrected chi connectivity index (χ3v) is 7.70. The molecule has 0 unspecified atom stereocenters. The van der Waals surface area contributed by atoms with Gasteiger partial charge in [-0.05, 0) is 68.4 Å². The molecule has 5 rings (SSSR count). The summed E-state index contributed by atoms with van der Waals surface area (Å²) in [6.45, 7) is 6.64. The molecule has 3 aromatic rings. The van der Waals surface area contributed by atoms with E-state index in [0.717, 1.165) is 25.5 Å². The average molecular weight is 566 g/mol. The summed E-state index contributed by atoms with van der Waals surface area (Å²) in [6, 6.07) is 8.63. The van der Waals surface area contributed by atoms with Crippen molar-refractivity contribution in [2.45, 2.75) is 25.1 Å². The van der Waals surface area contributed by atoms with Gasteiger partial charge < -0.3 is 25.2 Å². The number of nitrogen functional groups attached to an aromatic ring is 1. The topological polar surface area (TPSA) is 112 Å². The second kappa shape index (κ2) is 11.2. The first-order valence-electron chi connectivity index (χ1n) is 13.3. The van der Waals surface area contributed by atoms with Crippen molar-refractivity contribution in [3.8, 4) is 23.2 Å². The van der Waals surface area contributed by atoms with E-state index < -0.39 is 11.7 Å². The van der Waals surface area contributed by atoms with E-state index in [1.807, 2.05) is 18.0 Å². The number of nitrogens with zero attached hydrogens (tertiary/aromatic N) is 6. The number of nitrogens with two attached hydrogens (primary N) is 1. The molecule has 2 N–H and O–H groups in total. The molecule has 2 aliphatic rings. The van der Waals surface area contributed by atoms with Crippen LogP contribution < -0.4 is 15.4 Å². The first-order valence-corrected chi connectivity index (χ1v) is 13.3. The number of nitriles is 1. The van der Waals surface area contributed by atoms with Crippen molar-refractivity contribution in [1.29, 1.82) is 5.26 Å². The number of benzene rings is 2. The van der Waals surface area contributed by atoms with Gasteiger partial charge in [0.2, 0.25) is 5.91 Å². The van der Waals surface area contributed by atoms with Crippen molar-refractivity contribution in [2.75, 3.05) is 57.0 Å². The maximum atomic E-state index is 14.0. The molecule has 0 radical (unpaired) electrons. The summed E-state index contributed by atoms with van der Waals surface area (Å²) in [6.07, 6.45) is -1.36. The van der Waals surface area contributed by atoms with Crippen LogP contribution in [0.3, 0.4) is 0 Å². The second-order valence-electron chi connectivity index (χ2n) is 10.3. The van der Waals surface area contributed by atoms with Gasteiger partial charge in [0.1, 0.15) is 12.4 Å². The smallest absolute Gasteiger partial charge is 0.417 e. The van der Waals surface area contributed by atoms with E-state index in [0.29, 0.717) is 49.5 Å². The van der Waals surface area contributed by atoms with Gasteiger partial charge in [0.05, 0.1) is 22.7 Å². The zero-order valence-corrected chi connectivity index (χ0v) is 22.6. The second-order valence-corrected chi connectivity index (χ2v) is 10.3. The van der Waals surface area contributed by atoms with E-state index in [1.165, 1.54) is 30.3 Å². The minimum Gasteiger partial charge on any atom is -0.462 e. The third-order valence-electron chi connectivity index (χ3n) is 7.70. The summed E-state index contributed by atoms with van der Waals surface area (Å²) in [7, 11) is 2.03. The highest BCUT2D eigenvalue weighted by molar-refractivity contribution is 5.96. The van der Waals surface area contributed by atoms with E-state index in [-0.39, 0.29) is 40.3 Å². The standard InChI is InChI=1S/C29H30F3N7O2/c1-3-26(40)38-9-11-39(12-10-38)27-23-13-18(16-33)21(22-14-19(34)6-7-24(22)29(30,31)32)15-25(23)35-28(36-27)41-17-20-5-4-8-37(20)2/h3,6-7,13-15,20H,1,4-5,8-12,17,34H2,2H3/t20-/m0/s1. The van der Waals surface area contributed by atoms with Gasteiger partial charge in [-0.3, -0.25) is 4.79 Å². The number of hydrogen-bond donors (Lipinski definition) is 1. The molecular formula is C29H30F3N7O2. The predicted octanol–water partition coefficient (Wildman–Crippen LogP) is 4.08. The highest BCUT2D eigenvalue weighted by atomic mass is 19.4. The average Bonchev–Trinajstić information content (AvgIpc) is 3.38. The number of alkyl halides is 3. The number of rotatable bonds is 6. The summed E-state index contributed by atoms with van der Waals surface area (Å²) in [5, 5.41) is 10.5. The number of likely N-dealkylation sites (N-methyl/N-ethyl adjacent to an activating group) is 1. The molecule has 12 heteroatoms. The maximum Gasteiger partial charge on any atom is 0.417 e. The normalized spacial score (nSPS) is 18.0. The number of aromatic nitrogens is 2. The quantitative estimate of drug-likeness (QED) is 0.352. The van der Waals surface area contributed by atoms with E-state index >= 15 is 0 Å². The van der Waals surface area contributed by atoms with Crippen molar-refractivity contribution in [3.63, 3.8) is 0 Å². The van der Waals surface area contributed by atoms with Crippen LogP contribution in [0.1, 0.15) is 24.0 Å². The Bertz CT molecular complexity index is 1530. The molecule has 0 bridgehead atoms. The number of anilines is 2. The number of likely N-dealkylation sites (tertiary alicyclic amines) is 1. The van der Waals surface area contributed by atoms with E-state index in [1.54, 1.807) is 4.90 Å². The number of hydrogen-bond acceptors (Lipinski definition) is 8. The zero-order valence-electron chi connectivity index (χ0n) is 22.6. The lowest BCUT2D eigenvalue weighted by Gasteiger charge is -2.35. The maximum absolute atomic E-state index is 14.0. The van der Waals surface area contributed by atoms with Gasteiger partial charge in [-0.15, -0.1) is 0 Å². The van der Waals surface area contributed by atoms with Crippen LogP contribution in [-0.2, 0) is 11.0 Å². The molecular weight excluding hydrogens is 535 g/mol.